The lowest BCUT2D eigenvalue weighted by Crippen LogP contribution is -2.41. The molecule has 3 aromatic carbocycles. The van der Waals surface area contributed by atoms with E-state index in [2.05, 4.69) is 35.9 Å². The van der Waals surface area contributed by atoms with E-state index >= 15 is 0 Å². The van der Waals surface area contributed by atoms with Gasteiger partial charge in [0.25, 0.3) is 0 Å². The maximum atomic E-state index is 13.5. The summed E-state index contributed by atoms with van der Waals surface area (Å²) in [4.78, 5) is 15.4. The van der Waals surface area contributed by atoms with Gasteiger partial charge in [0.15, 0.2) is 0 Å². The minimum atomic E-state index is -0.353. The van der Waals surface area contributed by atoms with E-state index in [4.69, 9.17) is 11.6 Å². The molecule has 4 nitrogen and oxygen atoms in total. The third kappa shape index (κ3) is 3.65. The van der Waals surface area contributed by atoms with Crippen molar-refractivity contribution in [3.63, 3.8) is 0 Å². The number of hydrogen-bond donors (Lipinski definition) is 1. The van der Waals surface area contributed by atoms with Crippen LogP contribution in [0.1, 0.15) is 34.7 Å². The van der Waals surface area contributed by atoms with Crippen molar-refractivity contribution in [2.45, 2.75) is 32.4 Å². The van der Waals surface area contributed by atoms with E-state index in [-0.39, 0.29) is 17.7 Å². The minimum Gasteiger partial charge on any atom is -0.508 e. The molecule has 1 atom stereocenters. The van der Waals surface area contributed by atoms with Crippen molar-refractivity contribution in [2.24, 2.45) is 0 Å². The number of phenolic OH excluding ortho intramolecular Hbond substituents is 1. The summed E-state index contributed by atoms with van der Waals surface area (Å²) in [6.45, 7) is 3.32. The van der Waals surface area contributed by atoms with E-state index in [1.165, 1.54) is 16.5 Å². The Morgan fingerprint density at radius 3 is 2.72 bits per heavy atom. The summed E-state index contributed by atoms with van der Waals surface area (Å²) >= 11 is 6.27. The Kier molecular flexibility index (Phi) is 5.40. The molecule has 32 heavy (non-hydrogen) atoms. The minimum absolute atomic E-state index is 0.0688. The lowest BCUT2D eigenvalue weighted by molar-refractivity contribution is -0.133. The molecule has 0 aliphatic carbocycles. The molecule has 0 bridgehead atoms. The molecule has 162 valence electrons. The Balaban J connectivity index is 1.47. The number of carbonyl (C=O) groups is 1. The predicted octanol–water partition coefficient (Wildman–Crippen LogP) is 5.87. The molecule has 5 rings (SSSR count). The van der Waals surface area contributed by atoms with Gasteiger partial charge >= 0.3 is 0 Å². The molecule has 1 N–H and O–H groups in total. The second-order valence-corrected chi connectivity index (χ2v) is 8.85. The normalized spacial score (nSPS) is 15.7. The smallest absolute Gasteiger partial charge is 0.225 e. The number of rotatable bonds is 4. The summed E-state index contributed by atoms with van der Waals surface area (Å²) in [7, 11) is 0. The zero-order valence-corrected chi connectivity index (χ0v) is 18.7. The van der Waals surface area contributed by atoms with E-state index in [0.717, 1.165) is 17.5 Å². The number of para-hydroxylation sites is 1. The fourth-order valence-electron chi connectivity index (χ4n) is 4.89. The number of nitrogens with zero attached hydrogens (tertiary/aromatic N) is 2. The molecule has 4 aromatic rings. The summed E-state index contributed by atoms with van der Waals surface area (Å²) < 4.78 is 2.16. The molecule has 0 saturated carbocycles. The second kappa shape index (κ2) is 8.36. The third-order valence-corrected chi connectivity index (χ3v) is 6.68. The highest BCUT2D eigenvalue weighted by molar-refractivity contribution is 6.30. The SMILES string of the molecule is Cc1cn(CCC(=O)N2CCc3ccccc3C2c2cc(Cl)ccc2O)c2ccccc12. The van der Waals surface area contributed by atoms with Gasteiger partial charge in [0.05, 0.1) is 6.04 Å². The largest absolute Gasteiger partial charge is 0.508 e. The molecule has 0 saturated heterocycles. The Labute approximate surface area is 192 Å². The molecule has 1 aliphatic heterocycles. The number of fused-ring (bicyclic) bond motifs is 2. The second-order valence-electron chi connectivity index (χ2n) is 8.41. The number of aryl methyl sites for hydroxylation is 2. The molecule has 0 fully saturated rings. The van der Waals surface area contributed by atoms with Crippen LogP contribution in [0.25, 0.3) is 10.9 Å². The van der Waals surface area contributed by atoms with Crippen LogP contribution >= 0.6 is 11.6 Å². The van der Waals surface area contributed by atoms with Gasteiger partial charge in [-0.3, -0.25) is 4.79 Å². The van der Waals surface area contributed by atoms with Crippen LogP contribution in [0.2, 0.25) is 5.02 Å². The monoisotopic (exact) mass is 444 g/mol. The molecule has 0 spiro atoms. The zero-order chi connectivity index (χ0) is 22.2. The van der Waals surface area contributed by atoms with Crippen LogP contribution in [-0.2, 0) is 17.8 Å². The molecule has 5 heteroatoms. The summed E-state index contributed by atoms with van der Waals surface area (Å²) in [6, 6.07) is 21.1. The Morgan fingerprint density at radius 1 is 1.06 bits per heavy atom. The Bertz CT molecular complexity index is 1310. The van der Waals surface area contributed by atoms with Crippen molar-refractivity contribution in [3.05, 3.63) is 100 Å². The van der Waals surface area contributed by atoms with E-state index in [1.54, 1.807) is 18.2 Å². The summed E-state index contributed by atoms with van der Waals surface area (Å²) in [5.74, 6) is 0.222. The number of carbonyl (C=O) groups excluding carboxylic acids is 1. The van der Waals surface area contributed by atoms with Crippen molar-refractivity contribution in [1.82, 2.24) is 9.47 Å². The highest BCUT2D eigenvalue weighted by Gasteiger charge is 2.33. The van der Waals surface area contributed by atoms with Crippen LogP contribution in [0.3, 0.4) is 0 Å². The summed E-state index contributed by atoms with van der Waals surface area (Å²) in [5, 5.41) is 12.4. The van der Waals surface area contributed by atoms with Crippen LogP contribution < -0.4 is 0 Å². The molecule has 2 heterocycles. The van der Waals surface area contributed by atoms with Gasteiger partial charge in [0.2, 0.25) is 5.91 Å². The number of aromatic hydroxyl groups is 1. The van der Waals surface area contributed by atoms with Crippen LogP contribution in [0.5, 0.6) is 5.75 Å². The molecular weight excluding hydrogens is 420 g/mol. The van der Waals surface area contributed by atoms with E-state index in [1.807, 2.05) is 35.2 Å². The Hall–Kier alpha value is -3.24. The van der Waals surface area contributed by atoms with Gasteiger partial charge in [0, 0.05) is 47.2 Å². The van der Waals surface area contributed by atoms with Crippen LogP contribution in [-0.4, -0.2) is 27.0 Å². The molecule has 1 unspecified atom stereocenters. The molecule has 1 aromatic heterocycles. The van der Waals surface area contributed by atoms with Gasteiger partial charge < -0.3 is 14.6 Å². The van der Waals surface area contributed by atoms with Crippen LogP contribution in [0.15, 0.2) is 72.9 Å². The van der Waals surface area contributed by atoms with E-state index < -0.39 is 0 Å². The summed E-state index contributed by atoms with van der Waals surface area (Å²) in [5.41, 5.74) is 5.27. The number of phenols is 1. The van der Waals surface area contributed by atoms with Gasteiger partial charge in [-0.1, -0.05) is 54.1 Å². The van der Waals surface area contributed by atoms with Crippen LogP contribution in [0.4, 0.5) is 0 Å². The maximum Gasteiger partial charge on any atom is 0.225 e. The number of hydrogen-bond acceptors (Lipinski definition) is 2. The van der Waals surface area contributed by atoms with Crippen molar-refractivity contribution in [1.29, 1.82) is 0 Å². The summed E-state index contributed by atoms with van der Waals surface area (Å²) in [6.07, 6.45) is 3.30. The number of aromatic nitrogens is 1. The number of benzene rings is 3. The Morgan fingerprint density at radius 2 is 1.84 bits per heavy atom. The standard InChI is InChI=1S/C27H25ClN2O2/c1-18-17-29(24-9-5-4-7-21(18)24)14-13-26(32)30-15-12-19-6-2-3-8-22(19)27(30)23-16-20(28)10-11-25(23)31/h2-11,16-17,27,31H,12-15H2,1H3. The van der Waals surface area contributed by atoms with Crippen molar-refractivity contribution >= 4 is 28.4 Å². The number of amides is 1. The maximum absolute atomic E-state index is 13.5. The molecular formula is C27H25ClN2O2. The number of halogens is 1. The topological polar surface area (TPSA) is 45.5 Å². The first-order valence-corrected chi connectivity index (χ1v) is 11.3. The van der Waals surface area contributed by atoms with Gasteiger partial charge in [-0.2, -0.15) is 0 Å². The van der Waals surface area contributed by atoms with Gasteiger partial charge in [0.1, 0.15) is 5.75 Å². The lowest BCUT2D eigenvalue weighted by Gasteiger charge is -2.38. The van der Waals surface area contributed by atoms with Gasteiger partial charge in [-0.05, 0) is 54.3 Å². The first kappa shape index (κ1) is 20.7. The van der Waals surface area contributed by atoms with Crippen molar-refractivity contribution in [3.8, 4) is 5.75 Å². The van der Waals surface area contributed by atoms with Crippen molar-refractivity contribution < 1.29 is 9.90 Å². The average Bonchev–Trinajstić information content (AvgIpc) is 3.14. The fourth-order valence-corrected chi connectivity index (χ4v) is 5.07. The highest BCUT2D eigenvalue weighted by atomic mass is 35.5. The molecule has 0 radical (unpaired) electrons. The van der Waals surface area contributed by atoms with Gasteiger partial charge in [-0.15, -0.1) is 0 Å². The third-order valence-electron chi connectivity index (χ3n) is 6.44. The quantitative estimate of drug-likeness (QED) is 0.427. The first-order valence-electron chi connectivity index (χ1n) is 10.9. The van der Waals surface area contributed by atoms with E-state index in [9.17, 15) is 9.90 Å². The van der Waals surface area contributed by atoms with Crippen molar-refractivity contribution in [2.75, 3.05) is 6.54 Å². The fraction of sp³-hybridized carbons (Fsp3) is 0.222. The van der Waals surface area contributed by atoms with Gasteiger partial charge in [-0.25, -0.2) is 0 Å². The zero-order valence-electron chi connectivity index (χ0n) is 18.0. The first-order chi connectivity index (χ1) is 15.5. The molecule has 1 amide bonds. The van der Waals surface area contributed by atoms with E-state index in [0.29, 0.717) is 30.1 Å². The van der Waals surface area contributed by atoms with Crippen LogP contribution in [0, 0.1) is 6.92 Å². The highest BCUT2D eigenvalue weighted by Crippen LogP contribution is 2.40. The average molecular weight is 445 g/mol. The molecule has 1 aliphatic rings. The lowest BCUT2D eigenvalue weighted by atomic mass is 9.87. The predicted molar refractivity (Wildman–Crippen MR) is 128 cm³/mol.